The van der Waals surface area contributed by atoms with E-state index in [0.29, 0.717) is 12.4 Å². The van der Waals surface area contributed by atoms with Crippen LogP contribution in [0.4, 0.5) is 0 Å². The molecule has 6 heteroatoms. The molecule has 0 saturated carbocycles. The van der Waals surface area contributed by atoms with Crippen molar-refractivity contribution in [3.8, 4) is 5.75 Å². The van der Waals surface area contributed by atoms with Gasteiger partial charge < -0.3 is 9.47 Å². The minimum atomic E-state index is -1.81. The van der Waals surface area contributed by atoms with E-state index in [1.807, 2.05) is 18.2 Å². The Hall–Kier alpha value is -1.45. The predicted octanol–water partition coefficient (Wildman–Crippen LogP) is 2.31. The molecule has 1 aromatic carbocycles. The van der Waals surface area contributed by atoms with Crippen LogP contribution in [-0.2, 0) is 14.1 Å². The van der Waals surface area contributed by atoms with Crippen LogP contribution >= 0.6 is 7.95 Å². The summed E-state index contributed by atoms with van der Waals surface area (Å²) in [6.07, 6.45) is 0.0170. The van der Waals surface area contributed by atoms with Crippen molar-refractivity contribution < 1.29 is 18.8 Å². The zero-order valence-corrected chi connectivity index (χ0v) is 11.4. The first-order chi connectivity index (χ1) is 8.63. The predicted molar refractivity (Wildman–Crippen MR) is 68.8 cm³/mol. The number of esters is 1. The van der Waals surface area contributed by atoms with Crippen molar-refractivity contribution in [3.63, 3.8) is 0 Å². The topological polar surface area (TPSA) is 64.6 Å². The van der Waals surface area contributed by atoms with Gasteiger partial charge in [-0.15, -0.1) is 0 Å². The van der Waals surface area contributed by atoms with Crippen LogP contribution in [0.15, 0.2) is 30.3 Å². The number of carbonyl (C=O) groups excluding carboxylic acids is 1. The number of rotatable bonds is 7. The van der Waals surface area contributed by atoms with Crippen molar-refractivity contribution in [2.75, 3.05) is 13.0 Å². The normalized spacial score (nSPS) is 12.7. The second-order valence-corrected chi connectivity index (χ2v) is 4.84. The molecule has 0 saturated heterocycles. The molecule has 0 fully saturated rings. The standard InChI is InChI=1S/C12H17NO4P/c1-3-16-12(14)10(2)13-18(15)9-17-11-7-5-4-6-8-11/h4-8,10H,3,9H2,1-2H3,(H,13,15)/q+1. The molecule has 0 aliphatic carbocycles. The lowest BCUT2D eigenvalue weighted by Gasteiger charge is -2.05. The Morgan fingerprint density at radius 3 is 2.67 bits per heavy atom. The van der Waals surface area contributed by atoms with Gasteiger partial charge in [0.2, 0.25) is 0 Å². The quantitative estimate of drug-likeness (QED) is 0.608. The highest BCUT2D eigenvalue weighted by Crippen LogP contribution is 2.19. The summed E-state index contributed by atoms with van der Waals surface area (Å²) in [5.74, 6) is 0.229. The molecule has 0 aliphatic heterocycles. The molecule has 0 bridgehead atoms. The molecule has 0 aromatic heterocycles. The summed E-state index contributed by atoms with van der Waals surface area (Å²) in [4.78, 5) is 11.3. The molecule has 18 heavy (non-hydrogen) atoms. The summed E-state index contributed by atoms with van der Waals surface area (Å²) >= 11 is 0. The van der Waals surface area contributed by atoms with E-state index in [2.05, 4.69) is 5.09 Å². The fraction of sp³-hybridized carbons (Fsp3) is 0.417. The van der Waals surface area contributed by atoms with Crippen LogP contribution in [-0.4, -0.2) is 25.0 Å². The van der Waals surface area contributed by atoms with Crippen LogP contribution < -0.4 is 9.82 Å². The summed E-state index contributed by atoms with van der Waals surface area (Å²) in [6, 6.07) is 8.48. The molecule has 5 nitrogen and oxygen atoms in total. The summed E-state index contributed by atoms with van der Waals surface area (Å²) in [5, 5.41) is 2.64. The van der Waals surface area contributed by atoms with Crippen molar-refractivity contribution in [2.45, 2.75) is 19.9 Å². The Morgan fingerprint density at radius 2 is 2.06 bits per heavy atom. The molecule has 2 atom stereocenters. The minimum absolute atomic E-state index is 0.0170. The highest BCUT2D eigenvalue weighted by molar-refractivity contribution is 7.42. The second-order valence-electron chi connectivity index (χ2n) is 3.57. The van der Waals surface area contributed by atoms with Crippen molar-refractivity contribution in [1.82, 2.24) is 5.09 Å². The molecule has 1 N–H and O–H groups in total. The van der Waals surface area contributed by atoms with Crippen LogP contribution in [0, 0.1) is 0 Å². The SMILES string of the molecule is CCOC(=O)C(C)N[P+](=O)COc1ccccc1. The summed E-state index contributed by atoms with van der Waals surface area (Å²) < 4.78 is 21.7. The van der Waals surface area contributed by atoms with Gasteiger partial charge in [0.25, 0.3) is 0 Å². The van der Waals surface area contributed by atoms with Crippen LogP contribution in [0.2, 0.25) is 0 Å². The maximum absolute atomic E-state index is 11.6. The van der Waals surface area contributed by atoms with Crippen LogP contribution in [0.1, 0.15) is 13.8 Å². The minimum Gasteiger partial charge on any atom is -0.465 e. The molecular weight excluding hydrogens is 253 g/mol. The first kappa shape index (κ1) is 14.6. The van der Waals surface area contributed by atoms with Crippen LogP contribution in [0.5, 0.6) is 5.75 Å². The van der Waals surface area contributed by atoms with Crippen LogP contribution in [0.3, 0.4) is 0 Å². The molecule has 0 radical (unpaired) electrons. The Balaban J connectivity index is 2.31. The number of para-hydroxylation sites is 1. The van der Waals surface area contributed by atoms with E-state index in [-0.39, 0.29) is 6.35 Å². The van der Waals surface area contributed by atoms with Gasteiger partial charge in [0.1, 0.15) is 11.8 Å². The maximum atomic E-state index is 11.6. The second kappa shape index (κ2) is 7.80. The summed E-state index contributed by atoms with van der Waals surface area (Å²) in [5.41, 5.74) is 0. The Bertz CT molecular complexity index is 396. The molecule has 0 amide bonds. The lowest BCUT2D eigenvalue weighted by atomic mass is 10.3. The third kappa shape index (κ3) is 5.25. The van der Waals surface area contributed by atoms with Crippen molar-refractivity contribution in [2.24, 2.45) is 0 Å². The number of carbonyl (C=O) groups is 1. The highest BCUT2D eigenvalue weighted by atomic mass is 31.1. The fourth-order valence-corrected chi connectivity index (χ4v) is 2.10. The molecule has 1 rings (SSSR count). The summed E-state index contributed by atoms with van der Waals surface area (Å²) in [7, 11) is -1.81. The van der Waals surface area contributed by atoms with Gasteiger partial charge >= 0.3 is 20.3 Å². The molecule has 1 aromatic rings. The number of ether oxygens (including phenoxy) is 2. The first-order valence-electron chi connectivity index (χ1n) is 5.68. The van der Waals surface area contributed by atoms with E-state index >= 15 is 0 Å². The fourth-order valence-electron chi connectivity index (χ4n) is 1.22. The molecule has 0 heterocycles. The first-order valence-corrected chi connectivity index (χ1v) is 7.13. The number of hydrogen-bond acceptors (Lipinski definition) is 4. The Morgan fingerprint density at radius 1 is 1.39 bits per heavy atom. The third-order valence-corrected chi connectivity index (χ3v) is 3.11. The van der Waals surface area contributed by atoms with Gasteiger partial charge in [-0.2, -0.15) is 0 Å². The highest BCUT2D eigenvalue weighted by Gasteiger charge is 2.25. The smallest absolute Gasteiger partial charge is 0.465 e. The number of benzene rings is 1. The van der Waals surface area contributed by atoms with Crippen molar-refractivity contribution in [1.29, 1.82) is 0 Å². The molecule has 98 valence electrons. The lowest BCUT2D eigenvalue weighted by molar-refractivity contribution is -0.144. The van der Waals surface area contributed by atoms with Gasteiger partial charge in [0, 0.05) is 0 Å². The lowest BCUT2D eigenvalue weighted by Crippen LogP contribution is -2.31. The van der Waals surface area contributed by atoms with Gasteiger partial charge in [-0.05, 0) is 30.5 Å². The summed E-state index contributed by atoms with van der Waals surface area (Å²) in [6.45, 7) is 3.64. The monoisotopic (exact) mass is 270 g/mol. The van der Waals surface area contributed by atoms with Gasteiger partial charge in [-0.25, -0.2) is 0 Å². The van der Waals surface area contributed by atoms with E-state index in [0.717, 1.165) is 0 Å². The Labute approximate surface area is 107 Å². The van der Waals surface area contributed by atoms with Gasteiger partial charge in [-0.1, -0.05) is 23.3 Å². The molecule has 2 unspecified atom stereocenters. The van der Waals surface area contributed by atoms with E-state index < -0.39 is 20.0 Å². The van der Waals surface area contributed by atoms with Crippen molar-refractivity contribution >= 4 is 13.9 Å². The van der Waals surface area contributed by atoms with Crippen LogP contribution in [0.25, 0.3) is 0 Å². The largest absolute Gasteiger partial charge is 0.474 e. The van der Waals surface area contributed by atoms with Gasteiger partial charge in [0.05, 0.1) is 6.61 Å². The zero-order valence-electron chi connectivity index (χ0n) is 10.5. The number of nitrogens with one attached hydrogen (secondary N) is 1. The molecule has 0 spiro atoms. The average molecular weight is 270 g/mol. The van der Waals surface area contributed by atoms with E-state index in [1.54, 1.807) is 26.0 Å². The van der Waals surface area contributed by atoms with E-state index in [4.69, 9.17) is 9.47 Å². The van der Waals surface area contributed by atoms with Gasteiger partial charge in [-0.3, -0.25) is 4.79 Å². The maximum Gasteiger partial charge on any atom is 0.474 e. The average Bonchev–Trinajstić information content (AvgIpc) is 2.38. The molecular formula is C12H17NO4P+. The Kier molecular flexibility index (Phi) is 6.33. The van der Waals surface area contributed by atoms with E-state index in [9.17, 15) is 9.36 Å². The van der Waals surface area contributed by atoms with Gasteiger partial charge in [0.15, 0.2) is 0 Å². The van der Waals surface area contributed by atoms with E-state index in [1.165, 1.54) is 0 Å². The zero-order chi connectivity index (χ0) is 13.4. The number of hydrogen-bond donors (Lipinski definition) is 1. The van der Waals surface area contributed by atoms with Crippen molar-refractivity contribution in [3.05, 3.63) is 30.3 Å². The molecule has 0 aliphatic rings. The third-order valence-electron chi connectivity index (χ3n) is 2.07.